The van der Waals surface area contributed by atoms with Gasteiger partial charge in [-0.25, -0.2) is 20.8 Å². The summed E-state index contributed by atoms with van der Waals surface area (Å²) in [5.74, 6) is 5.92. The van der Waals surface area contributed by atoms with Gasteiger partial charge in [-0.15, -0.1) is 0 Å². The van der Waals surface area contributed by atoms with Crippen molar-refractivity contribution in [2.75, 3.05) is 5.01 Å². The standard InChI is InChI=1S/C19H15N7O2/c1-25-17(12-4-3-7-21-10-12)24-16-13(18(25)27)5-2-6-15(16)26(20)19(28)14-11-22-8-9-23-14/h2-11H,20H2,1H3. The van der Waals surface area contributed by atoms with Crippen molar-refractivity contribution in [3.63, 3.8) is 0 Å². The molecule has 1 amide bonds. The van der Waals surface area contributed by atoms with Crippen LogP contribution >= 0.6 is 0 Å². The number of carbonyl (C=O) groups is 1. The highest BCUT2D eigenvalue weighted by Gasteiger charge is 2.21. The molecule has 0 aliphatic rings. The second kappa shape index (κ2) is 6.97. The quantitative estimate of drug-likeness (QED) is 0.326. The Morgan fingerprint density at radius 3 is 2.61 bits per heavy atom. The molecule has 3 aromatic heterocycles. The lowest BCUT2D eigenvalue weighted by molar-refractivity contribution is 0.0982. The molecule has 9 heteroatoms. The van der Waals surface area contributed by atoms with Gasteiger partial charge in [0, 0.05) is 37.4 Å². The van der Waals surface area contributed by atoms with E-state index in [2.05, 4.69) is 19.9 Å². The largest absolute Gasteiger partial charge is 0.295 e. The number of amides is 1. The molecule has 3 heterocycles. The molecule has 1 aromatic carbocycles. The van der Waals surface area contributed by atoms with Crippen LogP contribution in [0.3, 0.4) is 0 Å². The Morgan fingerprint density at radius 1 is 1.07 bits per heavy atom. The van der Waals surface area contributed by atoms with Crippen molar-refractivity contribution in [1.29, 1.82) is 0 Å². The predicted octanol–water partition coefficient (Wildman–Crippen LogP) is 1.31. The van der Waals surface area contributed by atoms with Crippen molar-refractivity contribution < 1.29 is 4.79 Å². The fraction of sp³-hybridized carbons (Fsp3) is 0.0526. The van der Waals surface area contributed by atoms with E-state index in [1.807, 2.05) is 0 Å². The fourth-order valence-electron chi connectivity index (χ4n) is 2.87. The van der Waals surface area contributed by atoms with Crippen molar-refractivity contribution >= 4 is 22.5 Å². The molecular formula is C19H15N7O2. The van der Waals surface area contributed by atoms with Crippen molar-refractivity contribution in [2.45, 2.75) is 0 Å². The van der Waals surface area contributed by atoms with E-state index in [1.54, 1.807) is 49.8 Å². The van der Waals surface area contributed by atoms with Gasteiger partial charge in [0.2, 0.25) is 0 Å². The smallest absolute Gasteiger partial charge is 0.292 e. The summed E-state index contributed by atoms with van der Waals surface area (Å²) in [4.78, 5) is 42.1. The lowest BCUT2D eigenvalue weighted by atomic mass is 10.1. The van der Waals surface area contributed by atoms with Crippen LogP contribution in [0.5, 0.6) is 0 Å². The Kier molecular flexibility index (Phi) is 4.34. The van der Waals surface area contributed by atoms with E-state index in [0.717, 1.165) is 5.01 Å². The number of rotatable bonds is 3. The third-order valence-corrected chi connectivity index (χ3v) is 4.27. The molecule has 0 bridgehead atoms. The molecule has 2 N–H and O–H groups in total. The number of hydrogen-bond acceptors (Lipinski definition) is 7. The Labute approximate surface area is 159 Å². The minimum Gasteiger partial charge on any atom is -0.295 e. The highest BCUT2D eigenvalue weighted by Crippen LogP contribution is 2.25. The molecule has 28 heavy (non-hydrogen) atoms. The molecule has 4 rings (SSSR count). The number of benzene rings is 1. The van der Waals surface area contributed by atoms with Crippen LogP contribution in [0.25, 0.3) is 22.3 Å². The van der Waals surface area contributed by atoms with Gasteiger partial charge < -0.3 is 0 Å². The summed E-state index contributed by atoms with van der Waals surface area (Å²) in [5.41, 5.74) is 1.09. The number of aromatic nitrogens is 5. The molecule has 0 radical (unpaired) electrons. The van der Waals surface area contributed by atoms with Crippen molar-refractivity contribution in [3.8, 4) is 11.4 Å². The van der Waals surface area contributed by atoms with Crippen molar-refractivity contribution in [3.05, 3.63) is 77.4 Å². The van der Waals surface area contributed by atoms with Crippen LogP contribution in [0.15, 0.2) is 66.1 Å². The van der Waals surface area contributed by atoms with E-state index in [-0.39, 0.29) is 16.9 Å². The third-order valence-electron chi connectivity index (χ3n) is 4.27. The second-order valence-corrected chi connectivity index (χ2v) is 5.98. The average Bonchev–Trinajstić information content (AvgIpc) is 2.76. The lowest BCUT2D eigenvalue weighted by Crippen LogP contribution is -2.38. The minimum absolute atomic E-state index is 0.0818. The summed E-state index contributed by atoms with van der Waals surface area (Å²) in [7, 11) is 1.63. The first-order chi connectivity index (χ1) is 13.6. The molecule has 0 saturated heterocycles. The van der Waals surface area contributed by atoms with Gasteiger partial charge in [-0.2, -0.15) is 0 Å². The van der Waals surface area contributed by atoms with E-state index in [0.29, 0.717) is 22.3 Å². The third kappa shape index (κ3) is 2.89. The Hall–Kier alpha value is -3.98. The molecule has 0 fully saturated rings. The topological polar surface area (TPSA) is 120 Å². The zero-order valence-electron chi connectivity index (χ0n) is 14.9. The van der Waals surface area contributed by atoms with Gasteiger partial charge in [0.05, 0.1) is 17.3 Å². The maximum Gasteiger partial charge on any atom is 0.292 e. The molecule has 0 spiro atoms. The maximum absolute atomic E-state index is 12.9. The first kappa shape index (κ1) is 17.4. The molecular weight excluding hydrogens is 358 g/mol. The Balaban J connectivity index is 1.92. The Morgan fingerprint density at radius 2 is 1.89 bits per heavy atom. The van der Waals surface area contributed by atoms with E-state index in [9.17, 15) is 9.59 Å². The van der Waals surface area contributed by atoms with Gasteiger partial charge in [-0.05, 0) is 24.3 Å². The number of pyridine rings is 1. The van der Waals surface area contributed by atoms with Gasteiger partial charge in [0.25, 0.3) is 11.5 Å². The summed E-state index contributed by atoms with van der Waals surface area (Å²) in [6, 6.07) is 8.46. The maximum atomic E-state index is 12.9. The van der Waals surface area contributed by atoms with Crippen LogP contribution < -0.4 is 16.4 Å². The van der Waals surface area contributed by atoms with Crippen molar-refractivity contribution in [1.82, 2.24) is 24.5 Å². The second-order valence-electron chi connectivity index (χ2n) is 5.98. The van der Waals surface area contributed by atoms with Crippen LogP contribution in [0, 0.1) is 0 Å². The zero-order chi connectivity index (χ0) is 19.7. The zero-order valence-corrected chi connectivity index (χ0v) is 14.9. The van der Waals surface area contributed by atoms with E-state index < -0.39 is 5.91 Å². The monoisotopic (exact) mass is 373 g/mol. The van der Waals surface area contributed by atoms with Crippen LogP contribution in [0.2, 0.25) is 0 Å². The molecule has 0 unspecified atom stereocenters. The summed E-state index contributed by atoms with van der Waals surface area (Å²) in [6.07, 6.45) is 7.43. The first-order valence-electron chi connectivity index (χ1n) is 8.33. The first-order valence-corrected chi connectivity index (χ1v) is 8.33. The number of nitrogens with two attached hydrogens (primary N) is 1. The van der Waals surface area contributed by atoms with E-state index in [1.165, 1.54) is 23.2 Å². The van der Waals surface area contributed by atoms with Gasteiger partial charge in [-0.1, -0.05) is 6.07 Å². The summed E-state index contributed by atoms with van der Waals surface area (Å²) in [6.45, 7) is 0. The van der Waals surface area contributed by atoms with Gasteiger partial charge in [0.1, 0.15) is 17.0 Å². The number of anilines is 1. The van der Waals surface area contributed by atoms with E-state index in [4.69, 9.17) is 5.84 Å². The fourth-order valence-corrected chi connectivity index (χ4v) is 2.87. The minimum atomic E-state index is -0.564. The summed E-state index contributed by atoms with van der Waals surface area (Å²) in [5, 5.41) is 1.27. The highest BCUT2D eigenvalue weighted by molar-refractivity contribution is 6.08. The normalized spacial score (nSPS) is 10.8. The molecule has 0 atom stereocenters. The van der Waals surface area contributed by atoms with E-state index >= 15 is 0 Å². The Bertz CT molecular complexity index is 1220. The van der Waals surface area contributed by atoms with Gasteiger partial charge in [0.15, 0.2) is 0 Å². The number of para-hydroxylation sites is 1. The number of hydrazine groups is 1. The average molecular weight is 373 g/mol. The van der Waals surface area contributed by atoms with Crippen LogP contribution in [-0.4, -0.2) is 30.4 Å². The van der Waals surface area contributed by atoms with Crippen molar-refractivity contribution in [2.24, 2.45) is 12.9 Å². The van der Waals surface area contributed by atoms with Crippen LogP contribution in [-0.2, 0) is 7.05 Å². The molecule has 4 aromatic rings. The van der Waals surface area contributed by atoms with Crippen LogP contribution in [0.4, 0.5) is 5.69 Å². The molecule has 0 aliphatic heterocycles. The lowest BCUT2D eigenvalue weighted by Gasteiger charge is -2.18. The molecule has 138 valence electrons. The van der Waals surface area contributed by atoms with Crippen LogP contribution in [0.1, 0.15) is 10.5 Å². The number of nitrogens with zero attached hydrogens (tertiary/aromatic N) is 6. The number of fused-ring (bicyclic) bond motifs is 1. The summed E-state index contributed by atoms with van der Waals surface area (Å²) < 4.78 is 1.44. The predicted molar refractivity (Wildman–Crippen MR) is 103 cm³/mol. The molecule has 0 saturated carbocycles. The molecule has 9 nitrogen and oxygen atoms in total. The van der Waals surface area contributed by atoms with Gasteiger partial charge in [-0.3, -0.25) is 24.1 Å². The number of carbonyl (C=O) groups excluding carboxylic acids is 1. The van der Waals surface area contributed by atoms with Gasteiger partial charge >= 0.3 is 0 Å². The summed E-state index contributed by atoms with van der Waals surface area (Å²) >= 11 is 0. The number of hydrogen-bond donors (Lipinski definition) is 1. The SMILES string of the molecule is Cn1c(-c2cccnc2)nc2c(N(N)C(=O)c3cnccn3)cccc2c1=O. The molecule has 0 aliphatic carbocycles. The highest BCUT2D eigenvalue weighted by atomic mass is 16.2.